The third kappa shape index (κ3) is 3.88. The summed E-state index contributed by atoms with van der Waals surface area (Å²) in [6, 6.07) is 0. The molecule has 1 heterocycles. The van der Waals surface area contributed by atoms with Crippen LogP contribution in [0.15, 0.2) is 6.20 Å². The standard InChI is InChI=1S/C7H9F3N4O/c8-7(9,10)2-1-5(15)13-6-4(11)3-12-14-6/h3H,1-2,11H2,(H2,12,13,14,15). The summed E-state index contributed by atoms with van der Waals surface area (Å²) in [5.74, 6) is -0.648. The number of rotatable bonds is 3. The number of amides is 1. The van der Waals surface area contributed by atoms with Crippen LogP contribution in [-0.4, -0.2) is 22.3 Å². The van der Waals surface area contributed by atoms with Crippen LogP contribution >= 0.6 is 0 Å². The van der Waals surface area contributed by atoms with Gasteiger partial charge in [0.2, 0.25) is 5.91 Å². The molecular weight excluding hydrogens is 213 g/mol. The van der Waals surface area contributed by atoms with Gasteiger partial charge in [-0.15, -0.1) is 0 Å². The Kier molecular flexibility index (Phi) is 3.17. The first-order valence-corrected chi connectivity index (χ1v) is 4.04. The third-order valence-electron chi connectivity index (χ3n) is 1.57. The molecular formula is C7H9F3N4O. The van der Waals surface area contributed by atoms with E-state index in [1.54, 1.807) is 0 Å². The first-order valence-electron chi connectivity index (χ1n) is 4.04. The lowest BCUT2D eigenvalue weighted by Gasteiger charge is -2.06. The smallest absolute Gasteiger partial charge is 0.389 e. The Hall–Kier alpha value is -1.73. The van der Waals surface area contributed by atoms with Crippen molar-refractivity contribution in [2.24, 2.45) is 0 Å². The molecule has 1 rings (SSSR count). The number of nitrogen functional groups attached to an aromatic ring is 1. The number of nitrogens with zero attached hydrogens (tertiary/aromatic N) is 1. The minimum atomic E-state index is -4.34. The zero-order valence-corrected chi connectivity index (χ0v) is 7.56. The van der Waals surface area contributed by atoms with Gasteiger partial charge in [-0.1, -0.05) is 0 Å². The van der Waals surface area contributed by atoms with Gasteiger partial charge < -0.3 is 11.1 Å². The van der Waals surface area contributed by atoms with Gasteiger partial charge in [-0.05, 0) is 0 Å². The number of aromatic amines is 1. The molecule has 4 N–H and O–H groups in total. The number of H-pyrrole nitrogens is 1. The van der Waals surface area contributed by atoms with E-state index < -0.39 is 24.9 Å². The van der Waals surface area contributed by atoms with Crippen LogP contribution in [0.4, 0.5) is 24.7 Å². The fourth-order valence-electron chi connectivity index (χ4n) is 0.853. The number of hydrogen-bond acceptors (Lipinski definition) is 3. The molecule has 0 aliphatic heterocycles. The van der Waals surface area contributed by atoms with E-state index in [9.17, 15) is 18.0 Å². The molecule has 0 atom stereocenters. The van der Waals surface area contributed by atoms with E-state index in [1.807, 2.05) is 0 Å². The maximum Gasteiger partial charge on any atom is 0.389 e. The molecule has 84 valence electrons. The molecule has 5 nitrogen and oxygen atoms in total. The van der Waals surface area contributed by atoms with E-state index in [4.69, 9.17) is 5.73 Å². The molecule has 8 heteroatoms. The van der Waals surface area contributed by atoms with Crippen LogP contribution in [0.1, 0.15) is 12.8 Å². The van der Waals surface area contributed by atoms with E-state index in [0.29, 0.717) is 0 Å². The van der Waals surface area contributed by atoms with Crippen molar-refractivity contribution in [1.82, 2.24) is 10.2 Å². The van der Waals surface area contributed by atoms with Crippen molar-refractivity contribution in [3.8, 4) is 0 Å². The second kappa shape index (κ2) is 4.20. The molecule has 15 heavy (non-hydrogen) atoms. The summed E-state index contributed by atoms with van der Waals surface area (Å²) in [6.07, 6.45) is -4.88. The van der Waals surface area contributed by atoms with Gasteiger partial charge in [0.1, 0.15) is 0 Å². The van der Waals surface area contributed by atoms with Crippen molar-refractivity contribution < 1.29 is 18.0 Å². The van der Waals surface area contributed by atoms with Crippen molar-refractivity contribution in [3.05, 3.63) is 6.20 Å². The van der Waals surface area contributed by atoms with Crippen LogP contribution in [0, 0.1) is 0 Å². The van der Waals surface area contributed by atoms with Gasteiger partial charge >= 0.3 is 6.18 Å². The molecule has 0 fully saturated rings. The van der Waals surface area contributed by atoms with Crippen molar-refractivity contribution in [2.45, 2.75) is 19.0 Å². The topological polar surface area (TPSA) is 83.8 Å². The number of halogens is 3. The fraction of sp³-hybridized carbons (Fsp3) is 0.429. The summed E-state index contributed by atoms with van der Waals surface area (Å²) in [5.41, 5.74) is 5.52. The minimum absolute atomic E-state index is 0.113. The highest BCUT2D eigenvalue weighted by Gasteiger charge is 2.28. The second-order valence-corrected chi connectivity index (χ2v) is 2.86. The first-order chi connectivity index (χ1) is 6.88. The highest BCUT2D eigenvalue weighted by Crippen LogP contribution is 2.22. The van der Waals surface area contributed by atoms with Gasteiger partial charge in [0, 0.05) is 6.42 Å². The summed E-state index contributed by atoms with van der Waals surface area (Å²) in [7, 11) is 0. The van der Waals surface area contributed by atoms with Crippen molar-refractivity contribution >= 4 is 17.4 Å². The Morgan fingerprint density at radius 3 is 2.73 bits per heavy atom. The molecule has 1 aromatic rings. The molecule has 0 aliphatic carbocycles. The number of hydrogen-bond donors (Lipinski definition) is 3. The predicted octanol–water partition coefficient (Wildman–Crippen LogP) is 1.27. The van der Waals surface area contributed by atoms with Crippen LogP contribution in [-0.2, 0) is 4.79 Å². The average molecular weight is 222 g/mol. The fourth-order valence-corrected chi connectivity index (χ4v) is 0.853. The lowest BCUT2D eigenvalue weighted by molar-refractivity contribution is -0.142. The van der Waals surface area contributed by atoms with Crippen LogP contribution < -0.4 is 11.1 Å². The monoisotopic (exact) mass is 222 g/mol. The Morgan fingerprint density at radius 2 is 2.27 bits per heavy atom. The van der Waals surface area contributed by atoms with Gasteiger partial charge in [0.05, 0.1) is 18.3 Å². The lowest BCUT2D eigenvalue weighted by Crippen LogP contribution is -2.17. The van der Waals surface area contributed by atoms with Gasteiger partial charge in [0.25, 0.3) is 0 Å². The van der Waals surface area contributed by atoms with Gasteiger partial charge in [-0.3, -0.25) is 9.89 Å². The van der Waals surface area contributed by atoms with E-state index >= 15 is 0 Å². The van der Waals surface area contributed by atoms with E-state index in [-0.39, 0.29) is 11.5 Å². The second-order valence-electron chi connectivity index (χ2n) is 2.86. The molecule has 0 saturated heterocycles. The number of nitrogens with two attached hydrogens (primary N) is 1. The zero-order chi connectivity index (χ0) is 11.5. The molecule has 0 saturated carbocycles. The van der Waals surface area contributed by atoms with Gasteiger partial charge in [-0.2, -0.15) is 18.3 Å². The highest BCUT2D eigenvalue weighted by molar-refractivity contribution is 5.92. The summed E-state index contributed by atoms with van der Waals surface area (Å²) >= 11 is 0. The highest BCUT2D eigenvalue weighted by atomic mass is 19.4. The zero-order valence-electron chi connectivity index (χ0n) is 7.56. The number of anilines is 2. The van der Waals surface area contributed by atoms with Crippen molar-refractivity contribution in [3.63, 3.8) is 0 Å². The maximum atomic E-state index is 11.7. The number of aromatic nitrogens is 2. The third-order valence-corrected chi connectivity index (χ3v) is 1.57. The number of carbonyl (C=O) groups is 1. The molecule has 0 spiro atoms. The Morgan fingerprint density at radius 1 is 1.60 bits per heavy atom. The lowest BCUT2D eigenvalue weighted by atomic mass is 10.3. The summed E-state index contributed by atoms with van der Waals surface area (Å²) in [4.78, 5) is 11.0. The van der Waals surface area contributed by atoms with Crippen molar-refractivity contribution in [2.75, 3.05) is 11.1 Å². The average Bonchev–Trinajstić information content (AvgIpc) is 2.47. The Labute approximate surface area is 82.8 Å². The van der Waals surface area contributed by atoms with Gasteiger partial charge in [0.15, 0.2) is 5.82 Å². The van der Waals surface area contributed by atoms with Crippen LogP contribution in [0.5, 0.6) is 0 Å². The van der Waals surface area contributed by atoms with Crippen LogP contribution in [0.3, 0.4) is 0 Å². The molecule has 1 aromatic heterocycles. The predicted molar refractivity (Wildman–Crippen MR) is 46.9 cm³/mol. The molecule has 0 aliphatic rings. The van der Waals surface area contributed by atoms with E-state index in [1.165, 1.54) is 6.20 Å². The number of carbonyl (C=O) groups excluding carboxylic acids is 1. The van der Waals surface area contributed by atoms with E-state index in [2.05, 4.69) is 15.5 Å². The van der Waals surface area contributed by atoms with Gasteiger partial charge in [-0.25, -0.2) is 0 Å². The summed E-state index contributed by atoms with van der Waals surface area (Å²) in [6.45, 7) is 0. The first kappa shape index (κ1) is 11.3. The minimum Gasteiger partial charge on any atom is -0.394 e. The van der Waals surface area contributed by atoms with Crippen LogP contribution in [0.2, 0.25) is 0 Å². The molecule has 0 radical (unpaired) electrons. The normalized spacial score (nSPS) is 11.4. The van der Waals surface area contributed by atoms with E-state index in [0.717, 1.165) is 0 Å². The van der Waals surface area contributed by atoms with Crippen molar-refractivity contribution in [1.29, 1.82) is 0 Å². The summed E-state index contributed by atoms with van der Waals surface area (Å²) < 4.78 is 35.2. The maximum absolute atomic E-state index is 11.7. The SMILES string of the molecule is Nc1cn[nH]c1NC(=O)CCC(F)(F)F. The molecule has 0 aromatic carbocycles. The Bertz CT molecular complexity index is 346. The quantitative estimate of drug-likeness (QED) is 0.720. The van der Waals surface area contributed by atoms with Crippen LogP contribution in [0.25, 0.3) is 0 Å². The largest absolute Gasteiger partial charge is 0.394 e. The molecule has 0 unspecified atom stereocenters. The summed E-state index contributed by atoms with van der Waals surface area (Å²) in [5, 5.41) is 8.02. The molecule has 0 bridgehead atoms. The molecule has 1 amide bonds. The Balaban J connectivity index is 2.41. The number of nitrogens with one attached hydrogen (secondary N) is 2. The number of alkyl halides is 3.